The van der Waals surface area contributed by atoms with E-state index in [4.69, 9.17) is 11.6 Å². The number of amides is 1. The molecule has 0 heterocycles. The molecule has 3 aromatic rings. The third-order valence-corrected chi connectivity index (χ3v) is 3.86. The standard InChI is InChI=1S/C20H17ClN2O/c21-18-8-4-5-9-19(18)22-16-10-12-17(13-11-16)23-20(24)14-15-6-2-1-3-7-15/h1-13,22H,14H2,(H,23,24). The molecule has 0 aliphatic rings. The molecule has 0 saturated heterocycles. The van der Waals surface area contributed by atoms with E-state index >= 15 is 0 Å². The predicted molar refractivity (Wildman–Crippen MR) is 100.0 cm³/mol. The van der Waals surface area contributed by atoms with E-state index < -0.39 is 0 Å². The highest BCUT2D eigenvalue weighted by Crippen LogP contribution is 2.25. The second kappa shape index (κ2) is 7.66. The van der Waals surface area contributed by atoms with Crippen molar-refractivity contribution in [1.29, 1.82) is 0 Å². The van der Waals surface area contributed by atoms with E-state index in [0.29, 0.717) is 11.4 Å². The molecular formula is C20H17ClN2O. The highest BCUT2D eigenvalue weighted by atomic mass is 35.5. The van der Waals surface area contributed by atoms with Crippen molar-refractivity contribution in [1.82, 2.24) is 0 Å². The number of para-hydroxylation sites is 1. The zero-order valence-corrected chi connectivity index (χ0v) is 13.8. The van der Waals surface area contributed by atoms with Gasteiger partial charge in [-0.05, 0) is 42.0 Å². The van der Waals surface area contributed by atoms with Crippen molar-refractivity contribution >= 4 is 34.6 Å². The first-order valence-electron chi connectivity index (χ1n) is 7.66. The average Bonchev–Trinajstić information content (AvgIpc) is 2.59. The Kier molecular flexibility index (Phi) is 5.14. The van der Waals surface area contributed by atoms with E-state index in [1.165, 1.54) is 0 Å². The minimum atomic E-state index is -0.0342. The van der Waals surface area contributed by atoms with Crippen molar-refractivity contribution in [3.05, 3.63) is 89.4 Å². The minimum Gasteiger partial charge on any atom is -0.354 e. The van der Waals surface area contributed by atoms with Crippen molar-refractivity contribution in [3.63, 3.8) is 0 Å². The van der Waals surface area contributed by atoms with Crippen LogP contribution in [0.15, 0.2) is 78.9 Å². The first kappa shape index (κ1) is 16.1. The zero-order chi connectivity index (χ0) is 16.8. The van der Waals surface area contributed by atoms with E-state index in [0.717, 1.165) is 22.6 Å². The molecule has 4 heteroatoms. The Morgan fingerprint density at radius 3 is 2.12 bits per heavy atom. The van der Waals surface area contributed by atoms with E-state index in [-0.39, 0.29) is 5.91 Å². The van der Waals surface area contributed by atoms with Crippen LogP contribution < -0.4 is 10.6 Å². The molecule has 0 aliphatic carbocycles. The number of nitrogens with one attached hydrogen (secondary N) is 2. The summed E-state index contributed by atoms with van der Waals surface area (Å²) in [5.41, 5.74) is 3.51. The molecule has 1 amide bonds. The highest BCUT2D eigenvalue weighted by Gasteiger charge is 2.04. The Balaban J connectivity index is 1.60. The Labute approximate surface area is 146 Å². The molecule has 0 bridgehead atoms. The molecule has 2 N–H and O–H groups in total. The fourth-order valence-electron chi connectivity index (χ4n) is 2.34. The number of hydrogen-bond donors (Lipinski definition) is 2. The van der Waals surface area contributed by atoms with Crippen LogP contribution in [-0.2, 0) is 11.2 Å². The zero-order valence-electron chi connectivity index (χ0n) is 13.0. The monoisotopic (exact) mass is 336 g/mol. The normalized spacial score (nSPS) is 10.2. The topological polar surface area (TPSA) is 41.1 Å². The van der Waals surface area contributed by atoms with Crippen LogP contribution in [0.3, 0.4) is 0 Å². The average molecular weight is 337 g/mol. The quantitative estimate of drug-likeness (QED) is 0.666. The number of carbonyl (C=O) groups is 1. The fraction of sp³-hybridized carbons (Fsp3) is 0.0500. The van der Waals surface area contributed by atoms with Crippen molar-refractivity contribution in [3.8, 4) is 0 Å². The molecule has 0 radical (unpaired) electrons. The van der Waals surface area contributed by atoms with Gasteiger partial charge in [0, 0.05) is 11.4 Å². The van der Waals surface area contributed by atoms with Crippen molar-refractivity contribution in [2.24, 2.45) is 0 Å². The Morgan fingerprint density at radius 2 is 1.42 bits per heavy atom. The SMILES string of the molecule is O=C(Cc1ccccc1)Nc1ccc(Nc2ccccc2Cl)cc1. The van der Waals surface area contributed by atoms with Crippen LogP contribution >= 0.6 is 11.6 Å². The number of carbonyl (C=O) groups excluding carboxylic acids is 1. The second-order valence-corrected chi connectivity index (χ2v) is 5.80. The van der Waals surface area contributed by atoms with Crippen LogP contribution in [0.2, 0.25) is 5.02 Å². The van der Waals surface area contributed by atoms with Crippen LogP contribution in [-0.4, -0.2) is 5.91 Å². The molecule has 0 saturated carbocycles. The number of benzene rings is 3. The molecule has 0 atom stereocenters. The maximum absolute atomic E-state index is 12.1. The first-order chi connectivity index (χ1) is 11.7. The molecule has 3 aromatic carbocycles. The van der Waals surface area contributed by atoms with Gasteiger partial charge in [0.05, 0.1) is 17.1 Å². The Bertz CT molecular complexity index is 817. The Hall–Kier alpha value is -2.78. The van der Waals surface area contributed by atoms with E-state index in [2.05, 4.69) is 10.6 Å². The number of anilines is 3. The van der Waals surface area contributed by atoms with Gasteiger partial charge in [-0.1, -0.05) is 54.1 Å². The van der Waals surface area contributed by atoms with Gasteiger partial charge >= 0.3 is 0 Å². The van der Waals surface area contributed by atoms with Crippen molar-refractivity contribution < 1.29 is 4.79 Å². The molecule has 0 fully saturated rings. The lowest BCUT2D eigenvalue weighted by Crippen LogP contribution is -2.14. The van der Waals surface area contributed by atoms with Crippen LogP contribution in [0.4, 0.5) is 17.1 Å². The predicted octanol–water partition coefficient (Wildman–Crippen LogP) is 5.26. The maximum atomic E-state index is 12.1. The third kappa shape index (κ3) is 4.37. The number of halogens is 1. The molecule has 120 valence electrons. The molecule has 24 heavy (non-hydrogen) atoms. The first-order valence-corrected chi connectivity index (χ1v) is 8.04. The molecule has 0 spiro atoms. The molecular weight excluding hydrogens is 320 g/mol. The van der Waals surface area contributed by atoms with E-state index in [9.17, 15) is 4.79 Å². The lowest BCUT2D eigenvalue weighted by atomic mass is 10.1. The third-order valence-electron chi connectivity index (χ3n) is 3.53. The molecule has 3 rings (SSSR count). The van der Waals surface area contributed by atoms with E-state index in [1.807, 2.05) is 78.9 Å². The molecule has 0 aromatic heterocycles. The minimum absolute atomic E-state index is 0.0342. The summed E-state index contributed by atoms with van der Waals surface area (Å²) < 4.78 is 0. The van der Waals surface area contributed by atoms with Gasteiger partial charge in [0.2, 0.25) is 5.91 Å². The summed E-state index contributed by atoms with van der Waals surface area (Å²) in [6.07, 6.45) is 0.362. The summed E-state index contributed by atoms with van der Waals surface area (Å²) in [5, 5.41) is 6.81. The molecule has 0 unspecified atom stereocenters. The smallest absolute Gasteiger partial charge is 0.228 e. The van der Waals surface area contributed by atoms with Crippen LogP contribution in [0.1, 0.15) is 5.56 Å². The summed E-state index contributed by atoms with van der Waals surface area (Å²) in [6.45, 7) is 0. The summed E-state index contributed by atoms with van der Waals surface area (Å²) in [4.78, 5) is 12.1. The molecule has 0 aliphatic heterocycles. The Morgan fingerprint density at radius 1 is 0.792 bits per heavy atom. The van der Waals surface area contributed by atoms with Crippen LogP contribution in [0, 0.1) is 0 Å². The van der Waals surface area contributed by atoms with Gasteiger partial charge in [0.1, 0.15) is 0 Å². The largest absolute Gasteiger partial charge is 0.354 e. The van der Waals surface area contributed by atoms with Gasteiger partial charge < -0.3 is 10.6 Å². The second-order valence-electron chi connectivity index (χ2n) is 5.39. The van der Waals surface area contributed by atoms with Gasteiger partial charge in [-0.3, -0.25) is 4.79 Å². The van der Waals surface area contributed by atoms with Crippen molar-refractivity contribution in [2.45, 2.75) is 6.42 Å². The summed E-state index contributed by atoms with van der Waals surface area (Å²) in [7, 11) is 0. The number of rotatable bonds is 5. The lowest BCUT2D eigenvalue weighted by Gasteiger charge is -2.10. The van der Waals surface area contributed by atoms with E-state index in [1.54, 1.807) is 0 Å². The highest BCUT2D eigenvalue weighted by molar-refractivity contribution is 6.33. The van der Waals surface area contributed by atoms with Gasteiger partial charge in [-0.2, -0.15) is 0 Å². The molecule has 3 nitrogen and oxygen atoms in total. The number of hydrogen-bond acceptors (Lipinski definition) is 2. The van der Waals surface area contributed by atoms with Crippen LogP contribution in [0.25, 0.3) is 0 Å². The van der Waals surface area contributed by atoms with Crippen molar-refractivity contribution in [2.75, 3.05) is 10.6 Å². The van der Waals surface area contributed by atoms with Gasteiger partial charge in [0.15, 0.2) is 0 Å². The lowest BCUT2D eigenvalue weighted by molar-refractivity contribution is -0.115. The maximum Gasteiger partial charge on any atom is 0.228 e. The van der Waals surface area contributed by atoms with Crippen LogP contribution in [0.5, 0.6) is 0 Å². The summed E-state index contributed by atoms with van der Waals surface area (Å²) in [5.74, 6) is -0.0342. The summed E-state index contributed by atoms with van der Waals surface area (Å²) >= 11 is 6.13. The van der Waals surface area contributed by atoms with Gasteiger partial charge in [-0.15, -0.1) is 0 Å². The van der Waals surface area contributed by atoms with Gasteiger partial charge in [-0.25, -0.2) is 0 Å². The van der Waals surface area contributed by atoms with Gasteiger partial charge in [0.25, 0.3) is 0 Å². The fourth-order valence-corrected chi connectivity index (χ4v) is 2.52. The summed E-state index contributed by atoms with van der Waals surface area (Å²) in [6, 6.07) is 24.8.